The lowest BCUT2D eigenvalue weighted by molar-refractivity contribution is 0.352. The van der Waals surface area contributed by atoms with Crippen LogP contribution < -0.4 is 19.5 Å². The van der Waals surface area contributed by atoms with E-state index in [1.807, 2.05) is 0 Å². The Labute approximate surface area is 136 Å². The van der Waals surface area contributed by atoms with E-state index in [1.165, 1.54) is 22.3 Å². The minimum atomic E-state index is 0.300. The van der Waals surface area contributed by atoms with E-state index < -0.39 is 0 Å². The topological polar surface area (TPSA) is 39.7 Å². The van der Waals surface area contributed by atoms with Crippen LogP contribution in [0.2, 0.25) is 0 Å². The maximum absolute atomic E-state index is 5.51. The molecular weight excluding hydrogens is 290 g/mol. The molecule has 23 heavy (non-hydrogen) atoms. The molecule has 120 valence electrons. The number of nitrogens with one attached hydrogen (secondary N) is 1. The molecule has 2 aliphatic heterocycles. The molecule has 2 aromatic carbocycles. The zero-order chi connectivity index (χ0) is 16.0. The van der Waals surface area contributed by atoms with Gasteiger partial charge in [0, 0.05) is 18.5 Å². The molecule has 4 nitrogen and oxygen atoms in total. The van der Waals surface area contributed by atoms with Crippen molar-refractivity contribution in [3.8, 4) is 17.2 Å². The highest BCUT2D eigenvalue weighted by molar-refractivity contribution is 5.56. The number of hydrogen-bond acceptors (Lipinski definition) is 4. The molecule has 5 rings (SSSR count). The summed E-state index contributed by atoms with van der Waals surface area (Å²) in [6, 6.07) is 11.0. The van der Waals surface area contributed by atoms with Gasteiger partial charge in [0.2, 0.25) is 0 Å². The van der Waals surface area contributed by atoms with E-state index in [4.69, 9.17) is 14.2 Å². The molecule has 2 atom stereocenters. The zero-order valence-corrected chi connectivity index (χ0v) is 13.7. The summed E-state index contributed by atoms with van der Waals surface area (Å²) >= 11 is 0. The Bertz CT molecular complexity index is 757. The summed E-state index contributed by atoms with van der Waals surface area (Å²) in [7, 11) is 5.10. The van der Waals surface area contributed by atoms with Gasteiger partial charge in [-0.1, -0.05) is 6.07 Å². The molecule has 0 unspecified atom stereocenters. The molecule has 1 N–H and O–H groups in total. The van der Waals surface area contributed by atoms with Crippen LogP contribution in [-0.4, -0.2) is 27.9 Å². The molecule has 0 aromatic heterocycles. The fourth-order valence-corrected chi connectivity index (χ4v) is 3.90. The lowest BCUT2D eigenvalue weighted by atomic mass is 9.85. The number of hydrogen-bond donors (Lipinski definition) is 1. The van der Waals surface area contributed by atoms with Crippen molar-refractivity contribution in [1.82, 2.24) is 5.32 Å². The Morgan fingerprint density at radius 2 is 1.61 bits per heavy atom. The number of methoxy groups -OCH3 is 3. The molecule has 2 aromatic rings. The van der Waals surface area contributed by atoms with E-state index in [0.717, 1.165) is 30.2 Å². The van der Waals surface area contributed by atoms with Crippen LogP contribution in [0.5, 0.6) is 17.2 Å². The van der Waals surface area contributed by atoms with E-state index in [1.54, 1.807) is 21.3 Å². The summed E-state index contributed by atoms with van der Waals surface area (Å²) in [6.45, 7) is 0.951. The zero-order valence-electron chi connectivity index (χ0n) is 13.7. The van der Waals surface area contributed by atoms with E-state index >= 15 is 0 Å². The second-order valence-corrected chi connectivity index (χ2v) is 6.12. The van der Waals surface area contributed by atoms with Crippen molar-refractivity contribution in [1.29, 1.82) is 0 Å². The van der Waals surface area contributed by atoms with Gasteiger partial charge in [-0.2, -0.15) is 0 Å². The van der Waals surface area contributed by atoms with Crippen molar-refractivity contribution in [2.45, 2.75) is 18.4 Å². The van der Waals surface area contributed by atoms with Crippen LogP contribution in [0, 0.1) is 0 Å². The van der Waals surface area contributed by atoms with E-state index in [2.05, 4.69) is 35.6 Å². The third kappa shape index (κ3) is 2.17. The van der Waals surface area contributed by atoms with Gasteiger partial charge in [-0.05, 0) is 52.9 Å². The lowest BCUT2D eigenvalue weighted by Gasteiger charge is -2.30. The third-order valence-electron chi connectivity index (χ3n) is 5.06. The van der Waals surface area contributed by atoms with Gasteiger partial charge in [0.05, 0.1) is 21.3 Å². The molecule has 2 heterocycles. The average Bonchev–Trinajstić information content (AvgIpc) is 2.86. The van der Waals surface area contributed by atoms with Crippen LogP contribution in [0.4, 0.5) is 0 Å². The summed E-state index contributed by atoms with van der Waals surface area (Å²) < 4.78 is 16.4. The normalized spacial score (nSPS) is 21.2. The molecule has 0 spiro atoms. The highest BCUT2D eigenvalue weighted by Crippen LogP contribution is 2.46. The molecule has 0 saturated heterocycles. The Kier molecular flexibility index (Phi) is 3.42. The quantitative estimate of drug-likeness (QED) is 0.946. The Hall–Kier alpha value is -2.20. The van der Waals surface area contributed by atoms with Gasteiger partial charge in [0.25, 0.3) is 0 Å². The summed E-state index contributed by atoms with van der Waals surface area (Å²) in [5, 5.41) is 3.67. The Balaban J connectivity index is 1.89. The van der Waals surface area contributed by atoms with Gasteiger partial charge >= 0.3 is 0 Å². The van der Waals surface area contributed by atoms with Gasteiger partial charge < -0.3 is 19.5 Å². The highest BCUT2D eigenvalue weighted by atomic mass is 16.5. The van der Waals surface area contributed by atoms with Crippen LogP contribution in [0.15, 0.2) is 30.3 Å². The lowest BCUT2D eigenvalue weighted by Crippen LogP contribution is -2.31. The van der Waals surface area contributed by atoms with Crippen molar-refractivity contribution in [3.05, 3.63) is 52.6 Å². The summed E-state index contributed by atoms with van der Waals surface area (Å²) in [4.78, 5) is 0. The second kappa shape index (κ2) is 5.46. The maximum atomic E-state index is 5.51. The third-order valence-corrected chi connectivity index (χ3v) is 5.06. The molecule has 4 heteroatoms. The van der Waals surface area contributed by atoms with Crippen LogP contribution in [0.3, 0.4) is 0 Å². The first kappa shape index (κ1) is 14.4. The van der Waals surface area contributed by atoms with Gasteiger partial charge in [0.15, 0.2) is 11.5 Å². The predicted molar refractivity (Wildman–Crippen MR) is 88.8 cm³/mol. The number of benzene rings is 2. The fourth-order valence-electron chi connectivity index (χ4n) is 3.90. The molecular formula is C19H21NO3. The van der Waals surface area contributed by atoms with Gasteiger partial charge in [-0.25, -0.2) is 0 Å². The number of fused-ring (bicyclic) bond motifs is 1. The van der Waals surface area contributed by atoms with Crippen molar-refractivity contribution in [3.63, 3.8) is 0 Å². The van der Waals surface area contributed by atoms with E-state index in [-0.39, 0.29) is 0 Å². The van der Waals surface area contributed by atoms with Crippen molar-refractivity contribution in [2.75, 3.05) is 27.9 Å². The molecule has 1 aliphatic carbocycles. The molecule has 0 fully saturated rings. The first-order valence-corrected chi connectivity index (χ1v) is 7.91. The smallest absolute Gasteiger partial charge is 0.161 e. The SMILES string of the molecule is COc1ccc2c(c1)C[C@@H]1NC[C@H]2c2cc(OC)c(OC)cc21. The molecule has 0 saturated carbocycles. The summed E-state index contributed by atoms with van der Waals surface area (Å²) in [5.41, 5.74) is 5.40. The van der Waals surface area contributed by atoms with Gasteiger partial charge in [0.1, 0.15) is 5.75 Å². The summed E-state index contributed by atoms with van der Waals surface area (Å²) in [5.74, 6) is 2.85. The van der Waals surface area contributed by atoms with Crippen molar-refractivity contribution < 1.29 is 14.2 Å². The van der Waals surface area contributed by atoms with Crippen molar-refractivity contribution >= 4 is 0 Å². The first-order valence-electron chi connectivity index (χ1n) is 7.91. The average molecular weight is 311 g/mol. The molecule has 3 aliphatic rings. The molecule has 0 amide bonds. The first-order chi connectivity index (χ1) is 11.2. The van der Waals surface area contributed by atoms with E-state index in [9.17, 15) is 0 Å². The summed E-state index contributed by atoms with van der Waals surface area (Å²) in [6.07, 6.45) is 0.964. The van der Waals surface area contributed by atoms with Crippen LogP contribution in [-0.2, 0) is 6.42 Å². The maximum Gasteiger partial charge on any atom is 0.161 e. The standard InChI is InChI=1S/C19H21NO3/c1-21-12-4-5-13-11(6-12)7-17-15-9-19(23-3)18(22-2)8-14(15)16(13)10-20-17/h4-6,8-9,16-17,20H,7,10H2,1-3H3/t16-,17+/m1/s1. The minimum Gasteiger partial charge on any atom is -0.497 e. The fraction of sp³-hybridized carbons (Fsp3) is 0.368. The highest BCUT2D eigenvalue weighted by Gasteiger charge is 2.35. The largest absolute Gasteiger partial charge is 0.497 e. The number of ether oxygens (including phenoxy) is 3. The van der Waals surface area contributed by atoms with Crippen LogP contribution in [0.1, 0.15) is 34.2 Å². The van der Waals surface area contributed by atoms with E-state index in [0.29, 0.717) is 12.0 Å². The van der Waals surface area contributed by atoms with Crippen LogP contribution in [0.25, 0.3) is 0 Å². The van der Waals surface area contributed by atoms with Gasteiger partial charge in [-0.3, -0.25) is 0 Å². The van der Waals surface area contributed by atoms with Crippen molar-refractivity contribution in [2.24, 2.45) is 0 Å². The van der Waals surface area contributed by atoms with Gasteiger partial charge in [-0.15, -0.1) is 0 Å². The molecule has 2 bridgehead atoms. The second-order valence-electron chi connectivity index (χ2n) is 6.12. The monoisotopic (exact) mass is 311 g/mol. The number of rotatable bonds is 3. The Morgan fingerprint density at radius 1 is 0.870 bits per heavy atom. The minimum absolute atomic E-state index is 0.300. The molecule has 0 radical (unpaired) electrons. The Morgan fingerprint density at radius 3 is 2.30 bits per heavy atom. The van der Waals surface area contributed by atoms with Crippen LogP contribution >= 0.6 is 0 Å². The predicted octanol–water partition coefficient (Wildman–Crippen LogP) is 3.04.